The first-order valence-corrected chi connectivity index (χ1v) is 9.35. The molecular formula is C17H12Cl2IN3O3. The van der Waals surface area contributed by atoms with E-state index in [1.54, 1.807) is 12.1 Å². The van der Waals surface area contributed by atoms with Crippen molar-refractivity contribution in [2.24, 2.45) is 5.10 Å². The van der Waals surface area contributed by atoms with Crippen molar-refractivity contribution in [2.75, 3.05) is 10.3 Å². The summed E-state index contributed by atoms with van der Waals surface area (Å²) in [6, 6.07) is 9.35. The highest BCUT2D eigenvalue weighted by molar-refractivity contribution is 14.1. The van der Waals surface area contributed by atoms with Crippen LogP contribution in [0, 0.1) is 3.57 Å². The molecule has 0 fully saturated rings. The Morgan fingerprint density at radius 2 is 2.00 bits per heavy atom. The Labute approximate surface area is 172 Å². The van der Waals surface area contributed by atoms with E-state index in [1.807, 2.05) is 24.3 Å². The van der Waals surface area contributed by atoms with Gasteiger partial charge in [-0.25, -0.2) is 14.6 Å². The number of halogens is 3. The largest absolute Gasteiger partial charge is 0.480 e. The van der Waals surface area contributed by atoms with Crippen LogP contribution in [0.15, 0.2) is 41.5 Å². The molecule has 2 N–H and O–H groups in total. The fourth-order valence-corrected chi connectivity index (χ4v) is 3.94. The average Bonchev–Trinajstić information content (AvgIpc) is 2.58. The lowest BCUT2D eigenvalue weighted by atomic mass is 9.91. The van der Waals surface area contributed by atoms with Crippen molar-refractivity contribution in [3.8, 4) is 0 Å². The van der Waals surface area contributed by atoms with Crippen LogP contribution in [0.4, 0.5) is 11.4 Å². The predicted molar refractivity (Wildman–Crippen MR) is 109 cm³/mol. The molecule has 2 aromatic carbocycles. The zero-order valence-corrected chi connectivity index (χ0v) is 16.8. The van der Waals surface area contributed by atoms with Crippen molar-refractivity contribution in [3.05, 3.63) is 55.6 Å². The van der Waals surface area contributed by atoms with Crippen molar-refractivity contribution in [2.45, 2.75) is 18.5 Å². The van der Waals surface area contributed by atoms with E-state index in [1.165, 1.54) is 6.08 Å². The van der Waals surface area contributed by atoms with Gasteiger partial charge in [0.25, 0.3) is 6.08 Å². The van der Waals surface area contributed by atoms with E-state index < -0.39 is 18.1 Å². The van der Waals surface area contributed by atoms with Gasteiger partial charge >= 0.3 is 5.97 Å². The second kappa shape index (κ2) is 7.84. The van der Waals surface area contributed by atoms with Crippen LogP contribution >= 0.6 is 45.8 Å². The fraction of sp³-hybridized carbons (Fsp3) is 0.176. The fourth-order valence-electron chi connectivity index (χ4n) is 2.97. The molecular weight excluding hydrogens is 492 g/mol. The molecule has 2 aromatic rings. The molecule has 6 nitrogen and oxygen atoms in total. The molecule has 1 heterocycles. The quantitative estimate of drug-likeness (QED) is 0.360. The van der Waals surface area contributed by atoms with Gasteiger partial charge in [-0.05, 0) is 59.0 Å². The minimum absolute atomic E-state index is 0.154. The lowest BCUT2D eigenvalue weighted by Gasteiger charge is -2.37. The van der Waals surface area contributed by atoms with Crippen LogP contribution in [-0.2, 0) is 9.59 Å². The van der Waals surface area contributed by atoms with Crippen molar-refractivity contribution < 1.29 is 14.7 Å². The molecule has 1 aliphatic rings. The number of rotatable bonds is 4. The maximum Gasteiger partial charge on any atom is 0.328 e. The van der Waals surface area contributed by atoms with Gasteiger partial charge in [0.15, 0.2) is 6.04 Å². The smallest absolute Gasteiger partial charge is 0.328 e. The lowest BCUT2D eigenvalue weighted by Crippen LogP contribution is -2.44. The van der Waals surface area contributed by atoms with Gasteiger partial charge in [0.2, 0.25) is 0 Å². The molecule has 1 aliphatic heterocycles. The third-order valence-electron chi connectivity index (χ3n) is 4.04. The van der Waals surface area contributed by atoms with Crippen molar-refractivity contribution in [1.29, 1.82) is 0 Å². The molecule has 0 aromatic heterocycles. The molecule has 0 bridgehead atoms. The standard InChI is InChI=1S/C17H12Cl2IN3O3/c18-9-5-12(19)16-13(22-11-3-1-10(20)2-4-11)7-15(17(25)26)23(21-8-24)14(16)6-9/h1-6,13,15,22H,7H2,(H,25,26)/t13-,15+/m0/s1. The number of hydrogen-bond donors (Lipinski definition) is 2. The normalized spacial score (nSPS) is 18.7. The van der Waals surface area contributed by atoms with Gasteiger partial charge in [0.05, 0.1) is 11.7 Å². The number of carbonyl (C=O) groups is 1. The minimum atomic E-state index is -1.11. The zero-order chi connectivity index (χ0) is 18.8. The molecule has 0 aliphatic carbocycles. The first-order chi connectivity index (χ1) is 12.4. The van der Waals surface area contributed by atoms with E-state index in [0.717, 1.165) is 14.3 Å². The average molecular weight is 504 g/mol. The number of nitrogens with one attached hydrogen (secondary N) is 1. The van der Waals surface area contributed by atoms with Gasteiger partial charge in [0, 0.05) is 31.3 Å². The lowest BCUT2D eigenvalue weighted by molar-refractivity contribution is -0.139. The number of aliphatic carboxylic acids is 1. The van der Waals surface area contributed by atoms with Crippen molar-refractivity contribution in [1.82, 2.24) is 0 Å². The number of fused-ring (bicyclic) bond motifs is 1. The van der Waals surface area contributed by atoms with E-state index in [0.29, 0.717) is 21.3 Å². The number of carbonyl (C=O) groups excluding carboxylic acids is 1. The Morgan fingerprint density at radius 1 is 1.31 bits per heavy atom. The second-order valence-corrected chi connectivity index (χ2v) is 7.74. The summed E-state index contributed by atoms with van der Waals surface area (Å²) < 4.78 is 1.08. The monoisotopic (exact) mass is 503 g/mol. The minimum Gasteiger partial charge on any atom is -0.480 e. The van der Waals surface area contributed by atoms with Gasteiger partial charge in [-0.1, -0.05) is 28.3 Å². The summed E-state index contributed by atoms with van der Waals surface area (Å²) in [6.45, 7) is 0. The summed E-state index contributed by atoms with van der Waals surface area (Å²) in [5, 5.41) is 18.3. The summed E-state index contributed by atoms with van der Waals surface area (Å²) in [7, 11) is 0. The highest BCUT2D eigenvalue weighted by Crippen LogP contribution is 2.44. The Hall–Kier alpha value is -1.80. The first kappa shape index (κ1) is 19.0. The highest BCUT2D eigenvalue weighted by atomic mass is 127. The molecule has 0 unspecified atom stereocenters. The van der Waals surface area contributed by atoms with Crippen LogP contribution in [0.25, 0.3) is 0 Å². The van der Waals surface area contributed by atoms with Crippen LogP contribution in [-0.4, -0.2) is 23.2 Å². The predicted octanol–water partition coefficient (Wildman–Crippen LogP) is 4.67. The number of hydrogen-bond acceptors (Lipinski definition) is 5. The SMILES string of the molecule is O=C=NN1c2cc(Cl)cc(Cl)c2[C@@H](Nc2ccc(I)cc2)C[C@@H]1C(=O)O. The summed E-state index contributed by atoms with van der Waals surface area (Å²) in [6.07, 6.45) is 1.56. The van der Waals surface area contributed by atoms with Crippen molar-refractivity contribution >= 4 is 69.2 Å². The summed E-state index contributed by atoms with van der Waals surface area (Å²) in [5.74, 6) is -1.11. The Kier molecular flexibility index (Phi) is 5.72. The van der Waals surface area contributed by atoms with E-state index in [2.05, 4.69) is 33.0 Å². The van der Waals surface area contributed by atoms with E-state index in [4.69, 9.17) is 23.2 Å². The van der Waals surface area contributed by atoms with Crippen LogP contribution in [0.5, 0.6) is 0 Å². The van der Waals surface area contributed by atoms with Crippen molar-refractivity contribution in [3.63, 3.8) is 0 Å². The second-order valence-electron chi connectivity index (χ2n) is 5.65. The number of benzene rings is 2. The highest BCUT2D eigenvalue weighted by Gasteiger charge is 2.39. The Bertz CT molecular complexity index is 901. The summed E-state index contributed by atoms with van der Waals surface area (Å²) in [4.78, 5) is 22.6. The van der Waals surface area contributed by atoms with Gasteiger partial charge in [-0.15, -0.1) is 0 Å². The van der Waals surface area contributed by atoms with Gasteiger partial charge in [-0.3, -0.25) is 0 Å². The topological polar surface area (TPSA) is 82.0 Å². The number of isocyanates is 1. The molecule has 3 rings (SSSR count). The molecule has 2 atom stereocenters. The van der Waals surface area contributed by atoms with Crippen LogP contribution in [0.2, 0.25) is 10.0 Å². The summed E-state index contributed by atoms with van der Waals surface area (Å²) in [5.41, 5.74) is 1.82. The molecule has 0 spiro atoms. The summed E-state index contributed by atoms with van der Waals surface area (Å²) >= 11 is 14.7. The molecule has 9 heteroatoms. The zero-order valence-electron chi connectivity index (χ0n) is 13.1. The number of carboxylic acid groups (broad SMARTS) is 1. The molecule has 0 saturated carbocycles. The molecule has 0 saturated heterocycles. The third-order valence-corrected chi connectivity index (χ3v) is 5.29. The molecule has 0 amide bonds. The Morgan fingerprint density at radius 3 is 2.62 bits per heavy atom. The molecule has 134 valence electrons. The maximum absolute atomic E-state index is 11.7. The van der Waals surface area contributed by atoms with Crippen LogP contribution in [0.1, 0.15) is 18.0 Å². The van der Waals surface area contributed by atoms with E-state index in [-0.39, 0.29) is 6.42 Å². The van der Waals surface area contributed by atoms with Gasteiger partial charge in [0.1, 0.15) is 0 Å². The first-order valence-electron chi connectivity index (χ1n) is 7.51. The Balaban J connectivity index is 2.10. The van der Waals surface area contributed by atoms with Crippen LogP contribution in [0.3, 0.4) is 0 Å². The van der Waals surface area contributed by atoms with E-state index in [9.17, 15) is 14.7 Å². The van der Waals surface area contributed by atoms with Gasteiger partial charge in [-0.2, -0.15) is 0 Å². The maximum atomic E-state index is 11.7. The molecule has 26 heavy (non-hydrogen) atoms. The van der Waals surface area contributed by atoms with Crippen LogP contribution < -0.4 is 10.3 Å². The number of carboxylic acids is 1. The molecule has 0 radical (unpaired) electrons. The number of anilines is 2. The van der Waals surface area contributed by atoms with Gasteiger partial charge < -0.3 is 10.4 Å². The number of nitrogens with zero attached hydrogens (tertiary/aromatic N) is 2. The number of hydrazone groups is 1. The van der Waals surface area contributed by atoms with E-state index >= 15 is 0 Å². The third kappa shape index (κ3) is 3.81.